The lowest BCUT2D eigenvalue weighted by molar-refractivity contribution is -0.140. The SMILES string of the molecule is CC[C@@H](C(=O)NCC(C)C)N(Cc1ccccc1Cl)C(=O)CN(c1cc(Cl)ccc1C)S(=O)(=O)c1ccccc1. The quantitative estimate of drug-likeness (QED) is 0.272. The van der Waals surface area contributed by atoms with Gasteiger partial charge in [0.25, 0.3) is 10.0 Å². The van der Waals surface area contributed by atoms with Gasteiger partial charge in [-0.1, -0.05) is 86.4 Å². The molecule has 0 radical (unpaired) electrons. The molecule has 214 valence electrons. The number of nitrogens with zero attached hydrogens (tertiary/aromatic N) is 2. The Labute approximate surface area is 247 Å². The van der Waals surface area contributed by atoms with Crippen LogP contribution in [0.1, 0.15) is 38.3 Å². The molecule has 1 atom stereocenters. The summed E-state index contributed by atoms with van der Waals surface area (Å²) < 4.78 is 28.9. The highest BCUT2D eigenvalue weighted by Crippen LogP contribution is 2.30. The van der Waals surface area contributed by atoms with Gasteiger partial charge in [0.05, 0.1) is 10.6 Å². The Kier molecular flexibility index (Phi) is 11.0. The molecule has 40 heavy (non-hydrogen) atoms. The smallest absolute Gasteiger partial charge is 0.264 e. The Morgan fingerprint density at radius 3 is 2.23 bits per heavy atom. The van der Waals surface area contributed by atoms with Gasteiger partial charge in [0.15, 0.2) is 0 Å². The van der Waals surface area contributed by atoms with Crippen molar-refractivity contribution < 1.29 is 18.0 Å². The second kappa shape index (κ2) is 14.0. The lowest BCUT2D eigenvalue weighted by Gasteiger charge is -2.34. The Balaban J connectivity index is 2.09. The van der Waals surface area contributed by atoms with Crippen molar-refractivity contribution in [1.82, 2.24) is 10.2 Å². The molecule has 0 fully saturated rings. The average Bonchev–Trinajstić information content (AvgIpc) is 2.93. The summed E-state index contributed by atoms with van der Waals surface area (Å²) >= 11 is 12.7. The second-order valence-corrected chi connectivity index (χ2v) is 12.6. The first-order chi connectivity index (χ1) is 18.9. The van der Waals surface area contributed by atoms with E-state index in [-0.39, 0.29) is 29.0 Å². The summed E-state index contributed by atoms with van der Waals surface area (Å²) in [5, 5.41) is 3.68. The molecule has 0 saturated carbocycles. The number of aryl methyl sites for hydroxylation is 1. The number of anilines is 1. The van der Waals surface area contributed by atoms with E-state index in [0.29, 0.717) is 34.1 Å². The lowest BCUT2D eigenvalue weighted by atomic mass is 10.1. The summed E-state index contributed by atoms with van der Waals surface area (Å²) in [5.74, 6) is -0.648. The topological polar surface area (TPSA) is 86.8 Å². The van der Waals surface area contributed by atoms with Crippen molar-refractivity contribution >= 4 is 50.7 Å². The minimum atomic E-state index is -4.18. The van der Waals surface area contributed by atoms with Gasteiger partial charge in [0.1, 0.15) is 12.6 Å². The van der Waals surface area contributed by atoms with Crippen molar-refractivity contribution in [3.05, 3.63) is 94.0 Å². The van der Waals surface area contributed by atoms with E-state index in [2.05, 4.69) is 5.32 Å². The third-order valence-electron chi connectivity index (χ3n) is 6.42. The number of benzene rings is 3. The zero-order valence-corrected chi connectivity index (χ0v) is 25.4. The van der Waals surface area contributed by atoms with Crippen molar-refractivity contribution in [3.63, 3.8) is 0 Å². The maximum absolute atomic E-state index is 14.1. The zero-order valence-electron chi connectivity index (χ0n) is 23.1. The van der Waals surface area contributed by atoms with Crippen LogP contribution in [0.15, 0.2) is 77.7 Å². The largest absolute Gasteiger partial charge is 0.354 e. The third kappa shape index (κ3) is 7.77. The molecule has 0 aliphatic carbocycles. The van der Waals surface area contributed by atoms with Gasteiger partial charge < -0.3 is 10.2 Å². The van der Waals surface area contributed by atoms with Gasteiger partial charge in [0, 0.05) is 23.1 Å². The van der Waals surface area contributed by atoms with E-state index in [0.717, 1.165) is 4.31 Å². The van der Waals surface area contributed by atoms with Crippen molar-refractivity contribution in [3.8, 4) is 0 Å². The minimum Gasteiger partial charge on any atom is -0.354 e. The summed E-state index contributed by atoms with van der Waals surface area (Å²) in [6, 6.07) is 19.0. The van der Waals surface area contributed by atoms with Crippen LogP contribution in [0.2, 0.25) is 10.0 Å². The summed E-state index contributed by atoms with van der Waals surface area (Å²) in [5.41, 5.74) is 1.54. The van der Waals surface area contributed by atoms with Gasteiger partial charge >= 0.3 is 0 Å². The number of carbonyl (C=O) groups excluding carboxylic acids is 2. The van der Waals surface area contributed by atoms with Crippen molar-refractivity contribution in [2.24, 2.45) is 5.92 Å². The lowest BCUT2D eigenvalue weighted by Crippen LogP contribution is -2.52. The van der Waals surface area contributed by atoms with Crippen LogP contribution in [0, 0.1) is 12.8 Å². The molecule has 0 unspecified atom stereocenters. The summed E-state index contributed by atoms with van der Waals surface area (Å²) in [7, 11) is -4.18. The molecule has 0 saturated heterocycles. The monoisotopic (exact) mass is 603 g/mol. The van der Waals surface area contributed by atoms with E-state index in [1.54, 1.807) is 61.5 Å². The molecule has 0 aliphatic rings. The number of nitrogens with one attached hydrogen (secondary N) is 1. The van der Waals surface area contributed by atoms with Crippen LogP contribution in [0.3, 0.4) is 0 Å². The first-order valence-electron chi connectivity index (χ1n) is 13.1. The van der Waals surface area contributed by atoms with Crippen LogP contribution < -0.4 is 9.62 Å². The predicted molar refractivity (Wildman–Crippen MR) is 161 cm³/mol. The molecule has 3 aromatic rings. The van der Waals surface area contributed by atoms with Crippen molar-refractivity contribution in [1.29, 1.82) is 0 Å². The Bertz CT molecular complexity index is 1430. The number of rotatable bonds is 12. The van der Waals surface area contributed by atoms with Gasteiger partial charge in [-0.3, -0.25) is 13.9 Å². The Hall–Kier alpha value is -3.07. The predicted octanol–water partition coefficient (Wildman–Crippen LogP) is 6.08. The van der Waals surface area contributed by atoms with Crippen LogP contribution in [-0.4, -0.2) is 44.3 Å². The number of hydrogen-bond acceptors (Lipinski definition) is 4. The molecule has 0 bridgehead atoms. The van der Waals surface area contributed by atoms with Crippen molar-refractivity contribution in [2.45, 2.75) is 51.6 Å². The van der Waals surface area contributed by atoms with Gasteiger partial charge in [-0.2, -0.15) is 0 Å². The molecule has 0 spiro atoms. The molecule has 0 aromatic heterocycles. The van der Waals surface area contributed by atoms with E-state index in [1.165, 1.54) is 23.1 Å². The van der Waals surface area contributed by atoms with Crippen LogP contribution in [0.4, 0.5) is 5.69 Å². The highest BCUT2D eigenvalue weighted by atomic mass is 35.5. The van der Waals surface area contributed by atoms with Crippen LogP contribution in [-0.2, 0) is 26.2 Å². The molecule has 3 aromatic carbocycles. The van der Waals surface area contributed by atoms with E-state index < -0.39 is 28.5 Å². The van der Waals surface area contributed by atoms with Crippen LogP contribution in [0.25, 0.3) is 0 Å². The highest BCUT2D eigenvalue weighted by Gasteiger charge is 2.34. The molecule has 0 heterocycles. The molecule has 3 rings (SSSR count). The Morgan fingerprint density at radius 1 is 0.950 bits per heavy atom. The molecule has 2 amide bonds. The van der Waals surface area contributed by atoms with Gasteiger partial charge in [-0.15, -0.1) is 0 Å². The standard InChI is InChI=1S/C30H35Cl2N3O4S/c1-5-27(30(37)33-18-21(2)3)34(19-23-11-9-10-14-26(23)32)29(36)20-35(28-17-24(31)16-15-22(28)4)40(38,39)25-12-7-6-8-13-25/h6-17,21,27H,5,18-20H2,1-4H3,(H,33,37)/t27-/m0/s1. The first-order valence-corrected chi connectivity index (χ1v) is 15.3. The maximum atomic E-state index is 14.1. The maximum Gasteiger partial charge on any atom is 0.264 e. The first kappa shape index (κ1) is 31.5. The zero-order chi connectivity index (χ0) is 29.4. The van der Waals surface area contributed by atoms with Crippen LogP contribution >= 0.6 is 23.2 Å². The summed E-state index contributed by atoms with van der Waals surface area (Å²) in [6.07, 6.45) is 0.321. The summed E-state index contributed by atoms with van der Waals surface area (Å²) in [6.45, 7) is 7.45. The summed E-state index contributed by atoms with van der Waals surface area (Å²) in [4.78, 5) is 28.8. The number of amides is 2. The average molecular weight is 605 g/mol. The van der Waals surface area contributed by atoms with E-state index >= 15 is 0 Å². The Morgan fingerprint density at radius 2 is 1.60 bits per heavy atom. The van der Waals surface area contributed by atoms with Gasteiger partial charge in [-0.25, -0.2) is 8.42 Å². The van der Waals surface area contributed by atoms with Crippen LogP contribution in [0.5, 0.6) is 0 Å². The molecular weight excluding hydrogens is 569 g/mol. The molecule has 10 heteroatoms. The van der Waals surface area contributed by atoms with E-state index in [4.69, 9.17) is 23.2 Å². The van der Waals surface area contributed by atoms with Gasteiger partial charge in [-0.05, 0) is 60.7 Å². The number of halogens is 2. The molecule has 0 aliphatic heterocycles. The fourth-order valence-corrected chi connectivity index (χ4v) is 6.09. The number of carbonyl (C=O) groups is 2. The fourth-order valence-electron chi connectivity index (χ4n) is 4.24. The number of hydrogen-bond donors (Lipinski definition) is 1. The van der Waals surface area contributed by atoms with E-state index in [9.17, 15) is 18.0 Å². The van der Waals surface area contributed by atoms with Crippen molar-refractivity contribution in [2.75, 3.05) is 17.4 Å². The molecular formula is C30H35Cl2N3O4S. The normalized spacial score (nSPS) is 12.2. The fraction of sp³-hybridized carbons (Fsp3) is 0.333. The minimum absolute atomic E-state index is 0.0276. The highest BCUT2D eigenvalue weighted by molar-refractivity contribution is 7.92. The van der Waals surface area contributed by atoms with E-state index in [1.807, 2.05) is 20.8 Å². The third-order valence-corrected chi connectivity index (χ3v) is 8.80. The molecule has 7 nitrogen and oxygen atoms in total. The second-order valence-electron chi connectivity index (χ2n) is 9.93. The molecule has 1 N–H and O–H groups in total. The number of sulfonamides is 1. The van der Waals surface area contributed by atoms with Gasteiger partial charge in [0.2, 0.25) is 11.8 Å².